The van der Waals surface area contributed by atoms with Gasteiger partial charge in [0.2, 0.25) is 5.91 Å². The van der Waals surface area contributed by atoms with Crippen LogP contribution in [0, 0.1) is 11.7 Å². The van der Waals surface area contributed by atoms with Gasteiger partial charge in [-0.2, -0.15) is 0 Å². The van der Waals surface area contributed by atoms with Gasteiger partial charge in [-0.1, -0.05) is 32.9 Å². The third-order valence-electron chi connectivity index (χ3n) is 4.19. The summed E-state index contributed by atoms with van der Waals surface area (Å²) in [7, 11) is 0. The number of piperidine rings is 1. The number of benzene rings is 1. The zero-order valence-corrected chi connectivity index (χ0v) is 13.1. The highest BCUT2D eigenvalue weighted by atomic mass is 19.1. The predicted octanol–water partition coefficient (Wildman–Crippen LogP) is 2.78. The van der Waals surface area contributed by atoms with E-state index in [1.165, 1.54) is 12.1 Å². The van der Waals surface area contributed by atoms with Gasteiger partial charge < -0.3 is 10.2 Å². The largest absolute Gasteiger partial charge is 0.352 e. The van der Waals surface area contributed by atoms with Crippen molar-refractivity contribution >= 4 is 5.91 Å². The quantitative estimate of drug-likeness (QED) is 0.925. The van der Waals surface area contributed by atoms with Crippen LogP contribution < -0.4 is 5.32 Å². The molecular formula is C17H25FN2O. The summed E-state index contributed by atoms with van der Waals surface area (Å²) >= 11 is 0. The van der Waals surface area contributed by atoms with Gasteiger partial charge in [0, 0.05) is 25.0 Å². The summed E-state index contributed by atoms with van der Waals surface area (Å²) in [6.07, 6.45) is 0.917. The van der Waals surface area contributed by atoms with Crippen LogP contribution in [0.5, 0.6) is 0 Å². The molecule has 0 aromatic heterocycles. The molecule has 2 rings (SSSR count). The molecule has 1 aliphatic rings. The maximum atomic E-state index is 13.1. The van der Waals surface area contributed by atoms with E-state index >= 15 is 0 Å². The first-order chi connectivity index (χ1) is 9.99. The number of hydrogen-bond acceptors (Lipinski definition) is 2. The molecule has 0 spiro atoms. The Bertz CT molecular complexity index is 472. The van der Waals surface area contributed by atoms with Crippen molar-refractivity contribution in [2.75, 3.05) is 19.6 Å². The molecule has 0 saturated carbocycles. The fourth-order valence-corrected chi connectivity index (χ4v) is 2.90. The first-order valence-electron chi connectivity index (χ1n) is 7.77. The lowest BCUT2D eigenvalue weighted by Crippen LogP contribution is -2.50. The van der Waals surface area contributed by atoms with E-state index < -0.39 is 0 Å². The van der Waals surface area contributed by atoms with Crippen LogP contribution in [0.2, 0.25) is 0 Å². The molecule has 4 heteroatoms. The average molecular weight is 292 g/mol. The van der Waals surface area contributed by atoms with E-state index in [0.717, 1.165) is 31.6 Å². The molecule has 1 N–H and O–H groups in total. The number of rotatable bonds is 4. The van der Waals surface area contributed by atoms with Gasteiger partial charge in [-0.25, -0.2) is 4.39 Å². The molecule has 2 unspecified atom stereocenters. The molecule has 21 heavy (non-hydrogen) atoms. The lowest BCUT2D eigenvalue weighted by Gasteiger charge is -2.38. The standard InChI is InChI=1S/C17H25FN2O/c1-4-20-10-14(13-5-7-15(18)8-6-13)9-16(11-20)19-17(21)12(2)3/h5-8,12,14,16H,4,9-11H2,1-3H3,(H,19,21). The summed E-state index contributed by atoms with van der Waals surface area (Å²) in [6, 6.07) is 6.92. The Hall–Kier alpha value is -1.42. The predicted molar refractivity (Wildman–Crippen MR) is 82.6 cm³/mol. The zero-order chi connectivity index (χ0) is 15.4. The number of carbonyl (C=O) groups is 1. The molecule has 1 amide bonds. The summed E-state index contributed by atoms with van der Waals surface area (Å²) in [5.41, 5.74) is 1.15. The van der Waals surface area contributed by atoms with Crippen LogP contribution in [-0.4, -0.2) is 36.5 Å². The van der Waals surface area contributed by atoms with Gasteiger partial charge in [0.25, 0.3) is 0 Å². The van der Waals surface area contributed by atoms with Crippen molar-refractivity contribution in [2.45, 2.75) is 39.2 Å². The number of hydrogen-bond donors (Lipinski definition) is 1. The van der Waals surface area contributed by atoms with Gasteiger partial charge in [0.1, 0.15) is 5.82 Å². The van der Waals surface area contributed by atoms with E-state index in [4.69, 9.17) is 0 Å². The van der Waals surface area contributed by atoms with Gasteiger partial charge in [-0.15, -0.1) is 0 Å². The molecule has 1 saturated heterocycles. The zero-order valence-electron chi connectivity index (χ0n) is 13.1. The molecule has 0 radical (unpaired) electrons. The number of likely N-dealkylation sites (tertiary alicyclic amines) is 1. The summed E-state index contributed by atoms with van der Waals surface area (Å²) in [5.74, 6) is 0.255. The molecule has 1 aromatic rings. The lowest BCUT2D eigenvalue weighted by molar-refractivity contribution is -0.125. The Morgan fingerprint density at radius 2 is 2.00 bits per heavy atom. The minimum Gasteiger partial charge on any atom is -0.352 e. The second kappa shape index (κ2) is 7.03. The Labute approximate surface area is 126 Å². The van der Waals surface area contributed by atoms with Gasteiger partial charge >= 0.3 is 0 Å². The Morgan fingerprint density at radius 1 is 1.33 bits per heavy atom. The minimum absolute atomic E-state index is 0.00581. The molecule has 1 aromatic carbocycles. The topological polar surface area (TPSA) is 32.3 Å². The minimum atomic E-state index is -0.202. The number of carbonyl (C=O) groups excluding carboxylic acids is 1. The van der Waals surface area contributed by atoms with Crippen LogP contribution >= 0.6 is 0 Å². The lowest BCUT2D eigenvalue weighted by atomic mass is 9.88. The molecule has 2 atom stereocenters. The van der Waals surface area contributed by atoms with E-state index in [1.807, 2.05) is 26.0 Å². The van der Waals surface area contributed by atoms with Crippen molar-refractivity contribution in [3.63, 3.8) is 0 Å². The van der Waals surface area contributed by atoms with Crippen LogP contribution in [0.1, 0.15) is 38.7 Å². The first-order valence-corrected chi connectivity index (χ1v) is 7.77. The number of nitrogens with one attached hydrogen (secondary N) is 1. The summed E-state index contributed by atoms with van der Waals surface area (Å²) in [6.45, 7) is 8.78. The van der Waals surface area contributed by atoms with E-state index in [-0.39, 0.29) is 23.7 Å². The second-order valence-electron chi connectivity index (χ2n) is 6.20. The van der Waals surface area contributed by atoms with Crippen molar-refractivity contribution < 1.29 is 9.18 Å². The van der Waals surface area contributed by atoms with Crippen molar-refractivity contribution in [3.8, 4) is 0 Å². The fourth-order valence-electron chi connectivity index (χ4n) is 2.90. The molecule has 0 aliphatic carbocycles. The Kier molecular flexibility index (Phi) is 5.34. The monoisotopic (exact) mass is 292 g/mol. The van der Waals surface area contributed by atoms with Gasteiger partial charge in [0.05, 0.1) is 0 Å². The van der Waals surface area contributed by atoms with Crippen LogP contribution in [0.4, 0.5) is 4.39 Å². The van der Waals surface area contributed by atoms with Crippen LogP contribution in [0.15, 0.2) is 24.3 Å². The van der Waals surface area contributed by atoms with Crippen molar-refractivity contribution in [1.82, 2.24) is 10.2 Å². The van der Waals surface area contributed by atoms with Gasteiger partial charge in [-0.05, 0) is 36.6 Å². The Balaban J connectivity index is 2.08. The van der Waals surface area contributed by atoms with Crippen molar-refractivity contribution in [3.05, 3.63) is 35.6 Å². The van der Waals surface area contributed by atoms with E-state index in [9.17, 15) is 9.18 Å². The fraction of sp³-hybridized carbons (Fsp3) is 0.588. The smallest absolute Gasteiger partial charge is 0.222 e. The maximum Gasteiger partial charge on any atom is 0.222 e. The molecule has 1 fully saturated rings. The summed E-state index contributed by atoms with van der Waals surface area (Å²) in [4.78, 5) is 14.3. The number of amides is 1. The highest BCUT2D eigenvalue weighted by Crippen LogP contribution is 2.27. The summed E-state index contributed by atoms with van der Waals surface area (Å²) < 4.78 is 13.1. The molecule has 0 bridgehead atoms. The molecular weight excluding hydrogens is 267 g/mol. The normalized spacial score (nSPS) is 23.3. The summed E-state index contributed by atoms with van der Waals surface area (Å²) in [5, 5.41) is 3.14. The van der Waals surface area contributed by atoms with E-state index in [0.29, 0.717) is 5.92 Å². The molecule has 3 nitrogen and oxygen atoms in total. The van der Waals surface area contributed by atoms with Gasteiger partial charge in [0.15, 0.2) is 0 Å². The first kappa shape index (κ1) is 16.0. The molecule has 1 aliphatic heterocycles. The van der Waals surface area contributed by atoms with Crippen LogP contribution in [-0.2, 0) is 4.79 Å². The number of likely N-dealkylation sites (N-methyl/N-ethyl adjacent to an activating group) is 1. The van der Waals surface area contributed by atoms with E-state index in [1.54, 1.807) is 0 Å². The third kappa shape index (κ3) is 4.27. The Morgan fingerprint density at radius 3 is 2.57 bits per heavy atom. The average Bonchev–Trinajstić information content (AvgIpc) is 2.47. The maximum absolute atomic E-state index is 13.1. The van der Waals surface area contributed by atoms with Crippen molar-refractivity contribution in [1.29, 1.82) is 0 Å². The van der Waals surface area contributed by atoms with Crippen LogP contribution in [0.25, 0.3) is 0 Å². The number of halogens is 1. The van der Waals surface area contributed by atoms with E-state index in [2.05, 4.69) is 17.1 Å². The molecule has 1 heterocycles. The second-order valence-corrected chi connectivity index (χ2v) is 6.20. The van der Waals surface area contributed by atoms with Crippen molar-refractivity contribution in [2.24, 2.45) is 5.92 Å². The molecule has 116 valence electrons. The van der Waals surface area contributed by atoms with Crippen LogP contribution in [0.3, 0.4) is 0 Å². The van der Waals surface area contributed by atoms with Gasteiger partial charge in [-0.3, -0.25) is 4.79 Å². The highest BCUT2D eigenvalue weighted by molar-refractivity contribution is 5.78. The number of nitrogens with zero attached hydrogens (tertiary/aromatic N) is 1. The SMILES string of the molecule is CCN1CC(NC(=O)C(C)C)CC(c2ccc(F)cc2)C1. The highest BCUT2D eigenvalue weighted by Gasteiger charge is 2.28. The third-order valence-corrected chi connectivity index (χ3v) is 4.19.